The van der Waals surface area contributed by atoms with Crippen LogP contribution in [-0.4, -0.2) is 35.9 Å². The summed E-state index contributed by atoms with van der Waals surface area (Å²) in [4.78, 5) is 22.2. The van der Waals surface area contributed by atoms with Crippen LogP contribution in [0.1, 0.15) is 16.7 Å². The average molecular weight is 373 g/mol. The van der Waals surface area contributed by atoms with Crippen LogP contribution in [0.2, 0.25) is 0 Å². The second kappa shape index (κ2) is 8.65. The standard InChI is InChI=1S/C18H19N3O6/c1-11-5-4-6-12(2)18(11)27-10-16(22)20-19-9-13-7-14(21(24)25)8-15(26-3)17(13)23/h4-9,23H,10H2,1-3H3,(H,20,22). The Hall–Kier alpha value is -3.62. The lowest BCUT2D eigenvalue weighted by Gasteiger charge is -2.10. The quantitative estimate of drug-likeness (QED) is 0.436. The Bertz CT molecular complexity index is 875. The summed E-state index contributed by atoms with van der Waals surface area (Å²) >= 11 is 0. The molecule has 0 bridgehead atoms. The van der Waals surface area contributed by atoms with Gasteiger partial charge in [-0.05, 0) is 25.0 Å². The number of nitrogens with zero attached hydrogens (tertiary/aromatic N) is 2. The van der Waals surface area contributed by atoms with Gasteiger partial charge in [0.15, 0.2) is 18.1 Å². The number of ether oxygens (including phenoxy) is 2. The van der Waals surface area contributed by atoms with Gasteiger partial charge in [0.05, 0.1) is 24.3 Å². The maximum atomic E-state index is 11.9. The van der Waals surface area contributed by atoms with Gasteiger partial charge in [0.2, 0.25) is 0 Å². The van der Waals surface area contributed by atoms with E-state index in [1.165, 1.54) is 7.11 Å². The van der Waals surface area contributed by atoms with Gasteiger partial charge in [0.25, 0.3) is 11.6 Å². The predicted molar refractivity (Wildman–Crippen MR) is 98.5 cm³/mol. The van der Waals surface area contributed by atoms with Gasteiger partial charge >= 0.3 is 0 Å². The largest absolute Gasteiger partial charge is 0.504 e. The van der Waals surface area contributed by atoms with Gasteiger partial charge in [-0.25, -0.2) is 5.43 Å². The number of para-hydroxylation sites is 1. The van der Waals surface area contributed by atoms with Crippen LogP contribution in [0.3, 0.4) is 0 Å². The lowest BCUT2D eigenvalue weighted by Crippen LogP contribution is -2.25. The van der Waals surface area contributed by atoms with E-state index in [-0.39, 0.29) is 29.4 Å². The Balaban J connectivity index is 2.03. The van der Waals surface area contributed by atoms with Gasteiger partial charge in [-0.2, -0.15) is 5.10 Å². The number of non-ortho nitro benzene ring substituents is 1. The first-order valence-corrected chi connectivity index (χ1v) is 7.89. The molecule has 1 amide bonds. The summed E-state index contributed by atoms with van der Waals surface area (Å²) in [6, 6.07) is 7.83. The highest BCUT2D eigenvalue weighted by atomic mass is 16.6. The third-order valence-corrected chi connectivity index (χ3v) is 3.67. The molecule has 0 atom stereocenters. The van der Waals surface area contributed by atoms with Crippen LogP contribution in [-0.2, 0) is 4.79 Å². The van der Waals surface area contributed by atoms with E-state index in [9.17, 15) is 20.0 Å². The van der Waals surface area contributed by atoms with Crippen molar-refractivity contribution in [3.8, 4) is 17.2 Å². The summed E-state index contributed by atoms with van der Waals surface area (Å²) in [6.07, 6.45) is 1.09. The Kier molecular flexibility index (Phi) is 6.32. The van der Waals surface area contributed by atoms with Crippen molar-refractivity contribution in [2.24, 2.45) is 5.10 Å². The number of nitro groups is 1. The third kappa shape index (κ3) is 4.94. The predicted octanol–water partition coefficient (Wildman–Crippen LogP) is 2.45. The van der Waals surface area contributed by atoms with Crippen LogP contribution in [0.4, 0.5) is 5.69 Å². The van der Waals surface area contributed by atoms with Crippen molar-refractivity contribution >= 4 is 17.8 Å². The number of carbonyl (C=O) groups is 1. The number of phenols is 1. The Labute approximate surface area is 155 Å². The summed E-state index contributed by atoms with van der Waals surface area (Å²) < 4.78 is 10.4. The normalized spacial score (nSPS) is 10.6. The lowest BCUT2D eigenvalue weighted by molar-refractivity contribution is -0.385. The van der Waals surface area contributed by atoms with E-state index in [1.807, 2.05) is 32.0 Å². The Morgan fingerprint density at radius 2 is 2.00 bits per heavy atom. The fraction of sp³-hybridized carbons (Fsp3) is 0.222. The van der Waals surface area contributed by atoms with E-state index >= 15 is 0 Å². The highest BCUT2D eigenvalue weighted by molar-refractivity contribution is 5.87. The number of phenolic OH excluding ortho intramolecular Hbond substituents is 1. The first kappa shape index (κ1) is 19.7. The molecule has 9 nitrogen and oxygen atoms in total. The molecule has 2 aromatic rings. The monoisotopic (exact) mass is 373 g/mol. The van der Waals surface area contributed by atoms with Crippen LogP contribution in [0.25, 0.3) is 0 Å². The SMILES string of the molecule is COc1cc([N+](=O)[O-])cc(C=NNC(=O)COc2c(C)cccc2C)c1O. The highest BCUT2D eigenvalue weighted by Gasteiger charge is 2.16. The number of hydrogen-bond donors (Lipinski definition) is 2. The minimum Gasteiger partial charge on any atom is -0.504 e. The number of carbonyl (C=O) groups excluding carboxylic acids is 1. The molecule has 0 fully saturated rings. The molecule has 0 spiro atoms. The molecular formula is C18H19N3O6. The maximum Gasteiger partial charge on any atom is 0.277 e. The van der Waals surface area contributed by atoms with Gasteiger partial charge in [-0.15, -0.1) is 0 Å². The molecule has 27 heavy (non-hydrogen) atoms. The van der Waals surface area contributed by atoms with E-state index in [4.69, 9.17) is 9.47 Å². The van der Waals surface area contributed by atoms with Crippen LogP contribution in [0, 0.1) is 24.0 Å². The van der Waals surface area contributed by atoms with E-state index in [1.54, 1.807) is 0 Å². The number of benzene rings is 2. The minimum atomic E-state index is -0.629. The molecule has 2 N–H and O–H groups in total. The Morgan fingerprint density at radius 3 is 2.59 bits per heavy atom. The summed E-state index contributed by atoms with van der Waals surface area (Å²) in [5.41, 5.74) is 3.79. The van der Waals surface area contributed by atoms with Gasteiger partial charge in [0, 0.05) is 11.6 Å². The first-order chi connectivity index (χ1) is 12.8. The number of nitrogens with one attached hydrogen (secondary N) is 1. The second-order valence-corrected chi connectivity index (χ2v) is 5.65. The molecule has 2 aromatic carbocycles. The molecule has 9 heteroatoms. The molecule has 0 heterocycles. The number of amides is 1. The molecule has 0 aliphatic rings. The van der Waals surface area contributed by atoms with Gasteiger partial charge in [-0.1, -0.05) is 18.2 Å². The molecular weight excluding hydrogens is 354 g/mol. The fourth-order valence-electron chi connectivity index (χ4n) is 2.34. The number of aryl methyl sites for hydroxylation is 2. The van der Waals surface area contributed by atoms with E-state index in [0.717, 1.165) is 29.5 Å². The van der Waals surface area contributed by atoms with Crippen molar-refractivity contribution < 1.29 is 24.3 Å². The molecule has 0 saturated heterocycles. The van der Waals surface area contributed by atoms with Crippen LogP contribution < -0.4 is 14.9 Å². The van der Waals surface area contributed by atoms with Crippen molar-refractivity contribution in [2.75, 3.05) is 13.7 Å². The maximum absolute atomic E-state index is 11.9. The topological polar surface area (TPSA) is 123 Å². The van der Waals surface area contributed by atoms with Gasteiger partial charge < -0.3 is 14.6 Å². The number of methoxy groups -OCH3 is 1. The minimum absolute atomic E-state index is 0.0250. The Morgan fingerprint density at radius 1 is 1.33 bits per heavy atom. The highest BCUT2D eigenvalue weighted by Crippen LogP contribution is 2.33. The summed E-state index contributed by atoms with van der Waals surface area (Å²) in [6.45, 7) is 3.49. The van der Waals surface area contributed by atoms with Crippen LogP contribution >= 0.6 is 0 Å². The molecule has 0 aliphatic carbocycles. The molecule has 2 rings (SSSR count). The van der Waals surface area contributed by atoms with Gasteiger partial charge in [0.1, 0.15) is 5.75 Å². The van der Waals surface area contributed by atoms with Crippen molar-refractivity contribution in [2.45, 2.75) is 13.8 Å². The third-order valence-electron chi connectivity index (χ3n) is 3.67. The molecule has 142 valence electrons. The fourth-order valence-corrected chi connectivity index (χ4v) is 2.34. The number of aromatic hydroxyl groups is 1. The summed E-state index contributed by atoms with van der Waals surface area (Å²) in [5, 5.41) is 24.6. The lowest BCUT2D eigenvalue weighted by atomic mass is 10.1. The van der Waals surface area contributed by atoms with Crippen molar-refractivity contribution in [3.05, 3.63) is 57.1 Å². The smallest absolute Gasteiger partial charge is 0.277 e. The number of hydrazone groups is 1. The zero-order valence-electron chi connectivity index (χ0n) is 15.1. The van der Waals surface area contributed by atoms with E-state index in [0.29, 0.717) is 5.75 Å². The van der Waals surface area contributed by atoms with Gasteiger partial charge in [-0.3, -0.25) is 14.9 Å². The molecule has 0 radical (unpaired) electrons. The molecule has 0 aromatic heterocycles. The van der Waals surface area contributed by atoms with Crippen molar-refractivity contribution in [3.63, 3.8) is 0 Å². The average Bonchev–Trinajstić information content (AvgIpc) is 2.62. The number of hydrogen-bond acceptors (Lipinski definition) is 7. The van der Waals surface area contributed by atoms with E-state index in [2.05, 4.69) is 10.5 Å². The van der Waals surface area contributed by atoms with Crippen LogP contribution in [0.15, 0.2) is 35.4 Å². The van der Waals surface area contributed by atoms with E-state index < -0.39 is 10.8 Å². The second-order valence-electron chi connectivity index (χ2n) is 5.65. The van der Waals surface area contributed by atoms with Crippen molar-refractivity contribution in [1.29, 1.82) is 0 Å². The zero-order chi connectivity index (χ0) is 20.0. The molecule has 0 saturated carbocycles. The van der Waals surface area contributed by atoms with Crippen molar-refractivity contribution in [1.82, 2.24) is 5.43 Å². The summed E-state index contributed by atoms with van der Waals surface area (Å²) in [7, 11) is 1.27. The number of nitro benzene ring substituents is 1. The molecule has 0 aliphatic heterocycles. The molecule has 0 unspecified atom stereocenters. The first-order valence-electron chi connectivity index (χ1n) is 7.89. The number of rotatable bonds is 7. The summed E-state index contributed by atoms with van der Waals surface area (Å²) in [5.74, 6) is -0.299. The van der Waals surface area contributed by atoms with Crippen LogP contribution in [0.5, 0.6) is 17.2 Å². The zero-order valence-corrected chi connectivity index (χ0v) is 15.1.